The van der Waals surface area contributed by atoms with Crippen LogP contribution in [-0.2, 0) is 0 Å². The van der Waals surface area contributed by atoms with E-state index in [1.165, 1.54) is 11.8 Å². The average molecular weight is 306 g/mol. The summed E-state index contributed by atoms with van der Waals surface area (Å²) < 4.78 is 0. The summed E-state index contributed by atoms with van der Waals surface area (Å²) in [6.07, 6.45) is 2.76. The van der Waals surface area contributed by atoms with Crippen LogP contribution in [0.5, 0.6) is 0 Å². The SMILES string of the molecule is Cc1cc(C)c(C(=O)O)c(SCCCCC(C)(C)C#N)n1. The molecule has 0 saturated heterocycles. The minimum atomic E-state index is -0.923. The molecule has 0 aromatic carbocycles. The first-order valence-electron chi connectivity index (χ1n) is 7.02. The first-order chi connectivity index (χ1) is 9.76. The Bertz CT molecular complexity index is 562. The van der Waals surface area contributed by atoms with Crippen molar-refractivity contribution >= 4 is 17.7 Å². The number of carboxylic acid groups (broad SMARTS) is 1. The molecule has 0 saturated carbocycles. The number of aromatic carboxylic acids is 1. The molecule has 1 aromatic heterocycles. The molecule has 0 amide bonds. The first kappa shape index (κ1) is 17.5. The summed E-state index contributed by atoms with van der Waals surface area (Å²) in [6.45, 7) is 7.55. The molecule has 0 spiro atoms. The van der Waals surface area contributed by atoms with Crippen molar-refractivity contribution in [1.82, 2.24) is 4.98 Å². The van der Waals surface area contributed by atoms with Crippen molar-refractivity contribution in [3.05, 3.63) is 22.9 Å². The topological polar surface area (TPSA) is 74.0 Å². The molecule has 1 N–H and O–H groups in total. The lowest BCUT2D eigenvalue weighted by Crippen LogP contribution is -2.07. The van der Waals surface area contributed by atoms with Crippen LogP contribution in [0.2, 0.25) is 0 Å². The fourth-order valence-corrected chi connectivity index (χ4v) is 3.20. The molecular formula is C16H22N2O2S. The average Bonchev–Trinajstić information content (AvgIpc) is 2.36. The van der Waals surface area contributed by atoms with Gasteiger partial charge in [-0.3, -0.25) is 0 Å². The Morgan fingerprint density at radius 3 is 2.67 bits per heavy atom. The van der Waals surface area contributed by atoms with Gasteiger partial charge in [-0.05, 0) is 57.9 Å². The number of nitrogens with zero attached hydrogens (tertiary/aromatic N) is 2. The lowest BCUT2D eigenvalue weighted by atomic mass is 9.89. The molecule has 1 aromatic rings. The van der Waals surface area contributed by atoms with Crippen molar-refractivity contribution in [3.63, 3.8) is 0 Å². The van der Waals surface area contributed by atoms with E-state index < -0.39 is 5.97 Å². The van der Waals surface area contributed by atoms with Gasteiger partial charge in [0.2, 0.25) is 0 Å². The zero-order valence-corrected chi connectivity index (χ0v) is 13.9. The van der Waals surface area contributed by atoms with Crippen molar-refractivity contribution in [3.8, 4) is 6.07 Å². The molecule has 0 fully saturated rings. The van der Waals surface area contributed by atoms with E-state index in [4.69, 9.17) is 5.26 Å². The number of carboxylic acids is 1. The van der Waals surface area contributed by atoms with Gasteiger partial charge in [0.25, 0.3) is 0 Å². The van der Waals surface area contributed by atoms with Crippen LogP contribution in [0.25, 0.3) is 0 Å². The van der Waals surface area contributed by atoms with E-state index >= 15 is 0 Å². The van der Waals surface area contributed by atoms with Crippen LogP contribution in [0.1, 0.15) is 54.7 Å². The molecular weight excluding hydrogens is 284 g/mol. The number of aromatic nitrogens is 1. The predicted octanol–water partition coefficient (Wildman–Crippen LogP) is 4.21. The lowest BCUT2D eigenvalue weighted by molar-refractivity contribution is 0.0691. The van der Waals surface area contributed by atoms with Crippen molar-refractivity contribution in [1.29, 1.82) is 5.26 Å². The van der Waals surface area contributed by atoms with E-state index in [2.05, 4.69) is 11.1 Å². The van der Waals surface area contributed by atoms with Crippen LogP contribution in [0.3, 0.4) is 0 Å². The maximum Gasteiger partial charge on any atom is 0.338 e. The molecule has 0 aliphatic rings. The number of hydrogen-bond acceptors (Lipinski definition) is 4. The quantitative estimate of drug-likeness (QED) is 0.603. The van der Waals surface area contributed by atoms with E-state index in [0.29, 0.717) is 10.6 Å². The Kier molecular flexibility index (Phi) is 6.22. The first-order valence-corrected chi connectivity index (χ1v) is 8.01. The number of thioether (sulfide) groups is 1. The Morgan fingerprint density at radius 1 is 1.43 bits per heavy atom. The molecule has 4 nitrogen and oxygen atoms in total. The third-order valence-corrected chi connectivity index (χ3v) is 4.32. The van der Waals surface area contributed by atoms with E-state index in [1.54, 1.807) is 13.0 Å². The van der Waals surface area contributed by atoms with Gasteiger partial charge in [0, 0.05) is 5.69 Å². The third kappa shape index (κ3) is 5.39. The summed E-state index contributed by atoms with van der Waals surface area (Å²) >= 11 is 1.49. The molecule has 0 atom stereocenters. The van der Waals surface area contributed by atoms with Gasteiger partial charge < -0.3 is 5.11 Å². The fraction of sp³-hybridized carbons (Fsp3) is 0.562. The Hall–Kier alpha value is -1.54. The van der Waals surface area contributed by atoms with E-state index in [-0.39, 0.29) is 5.41 Å². The number of nitriles is 1. The molecule has 0 radical (unpaired) electrons. The van der Waals surface area contributed by atoms with Gasteiger partial charge >= 0.3 is 5.97 Å². The molecule has 0 unspecified atom stereocenters. The van der Waals surface area contributed by atoms with Gasteiger partial charge in [-0.2, -0.15) is 5.26 Å². The van der Waals surface area contributed by atoms with Gasteiger partial charge in [-0.1, -0.05) is 6.42 Å². The maximum absolute atomic E-state index is 11.3. The van der Waals surface area contributed by atoms with Gasteiger partial charge in [-0.15, -0.1) is 11.8 Å². The molecule has 0 aliphatic carbocycles. The third-order valence-electron chi connectivity index (χ3n) is 3.26. The Balaban J connectivity index is 2.60. The number of unbranched alkanes of at least 4 members (excludes halogenated alkanes) is 1. The number of carbonyl (C=O) groups is 1. The monoisotopic (exact) mass is 306 g/mol. The summed E-state index contributed by atoms with van der Waals surface area (Å²) in [7, 11) is 0. The van der Waals surface area contributed by atoms with Crippen LogP contribution in [0.4, 0.5) is 0 Å². The molecule has 21 heavy (non-hydrogen) atoms. The number of hydrogen-bond donors (Lipinski definition) is 1. The summed E-state index contributed by atoms with van der Waals surface area (Å²) in [6, 6.07) is 4.09. The lowest BCUT2D eigenvalue weighted by Gasteiger charge is -2.14. The van der Waals surface area contributed by atoms with E-state index in [9.17, 15) is 9.90 Å². The normalized spacial score (nSPS) is 11.2. The van der Waals surface area contributed by atoms with Crippen LogP contribution in [-0.4, -0.2) is 21.8 Å². The Morgan fingerprint density at radius 2 is 2.10 bits per heavy atom. The molecule has 0 bridgehead atoms. The molecule has 1 heterocycles. The van der Waals surface area contributed by atoms with E-state index in [1.807, 2.05) is 20.8 Å². The van der Waals surface area contributed by atoms with Crippen LogP contribution < -0.4 is 0 Å². The standard InChI is InChI=1S/C16H22N2O2S/c1-11-9-12(2)18-14(13(11)15(19)20)21-8-6-5-7-16(3,4)10-17/h9H,5-8H2,1-4H3,(H,19,20). The number of aryl methyl sites for hydroxylation is 2. The van der Waals surface area contributed by atoms with E-state index in [0.717, 1.165) is 36.3 Å². The molecule has 0 aliphatic heterocycles. The number of rotatable bonds is 7. The molecule has 114 valence electrons. The van der Waals surface area contributed by atoms with Crippen molar-refractivity contribution in [2.45, 2.75) is 52.0 Å². The van der Waals surface area contributed by atoms with Crippen LogP contribution in [0.15, 0.2) is 11.1 Å². The zero-order chi connectivity index (χ0) is 16.0. The highest BCUT2D eigenvalue weighted by Gasteiger charge is 2.17. The van der Waals surface area contributed by atoms with Gasteiger partial charge in [-0.25, -0.2) is 9.78 Å². The van der Waals surface area contributed by atoms with Crippen LogP contribution >= 0.6 is 11.8 Å². The van der Waals surface area contributed by atoms with Crippen molar-refractivity contribution < 1.29 is 9.90 Å². The maximum atomic E-state index is 11.3. The summed E-state index contributed by atoms with van der Waals surface area (Å²) in [5, 5.41) is 18.8. The minimum Gasteiger partial charge on any atom is -0.478 e. The van der Waals surface area contributed by atoms with Crippen molar-refractivity contribution in [2.24, 2.45) is 5.41 Å². The predicted molar refractivity (Wildman–Crippen MR) is 84.6 cm³/mol. The smallest absolute Gasteiger partial charge is 0.338 e. The molecule has 5 heteroatoms. The summed E-state index contributed by atoms with van der Waals surface area (Å²) in [5.41, 5.74) is 1.62. The number of pyridine rings is 1. The second kappa shape index (κ2) is 7.46. The summed E-state index contributed by atoms with van der Waals surface area (Å²) in [5.74, 6) is -0.106. The zero-order valence-electron chi connectivity index (χ0n) is 13.1. The van der Waals surface area contributed by atoms with Gasteiger partial charge in [0.1, 0.15) is 5.03 Å². The fourth-order valence-electron chi connectivity index (χ4n) is 2.06. The second-order valence-corrected chi connectivity index (χ2v) is 6.95. The highest BCUT2D eigenvalue weighted by atomic mass is 32.2. The van der Waals surface area contributed by atoms with Gasteiger partial charge in [0.05, 0.1) is 17.0 Å². The largest absolute Gasteiger partial charge is 0.478 e. The second-order valence-electron chi connectivity index (χ2n) is 5.87. The highest BCUT2D eigenvalue weighted by molar-refractivity contribution is 7.99. The summed E-state index contributed by atoms with van der Waals surface area (Å²) in [4.78, 5) is 15.7. The van der Waals surface area contributed by atoms with Crippen LogP contribution in [0, 0.1) is 30.6 Å². The highest BCUT2D eigenvalue weighted by Crippen LogP contribution is 2.27. The van der Waals surface area contributed by atoms with Crippen molar-refractivity contribution in [2.75, 3.05) is 5.75 Å². The molecule has 1 rings (SSSR count). The minimum absolute atomic E-state index is 0.283. The Labute approximate surface area is 130 Å². The van der Waals surface area contributed by atoms with Gasteiger partial charge in [0.15, 0.2) is 0 Å².